The highest BCUT2D eigenvalue weighted by molar-refractivity contribution is 5.81. The Kier molecular flexibility index (Phi) is 4.19. The average molecular weight is 255 g/mol. The Hall–Kier alpha value is -1.14. The molecule has 2 aliphatic rings. The second kappa shape index (κ2) is 5.67. The molecule has 0 aromatic carbocycles. The van der Waals surface area contributed by atoms with Crippen LogP contribution in [0, 0.1) is 5.92 Å². The molecule has 2 rings (SSSR count). The van der Waals surface area contributed by atoms with Gasteiger partial charge in [-0.15, -0.1) is 0 Å². The molecule has 18 heavy (non-hydrogen) atoms. The SMILES string of the molecule is CC1C(C(=O)O)CCN1C(=O)CN1CCNCC1. The van der Waals surface area contributed by atoms with E-state index in [2.05, 4.69) is 10.2 Å². The van der Waals surface area contributed by atoms with E-state index in [0.29, 0.717) is 19.5 Å². The van der Waals surface area contributed by atoms with E-state index >= 15 is 0 Å². The summed E-state index contributed by atoms with van der Waals surface area (Å²) in [7, 11) is 0. The van der Waals surface area contributed by atoms with E-state index < -0.39 is 11.9 Å². The molecule has 0 spiro atoms. The van der Waals surface area contributed by atoms with E-state index in [-0.39, 0.29) is 11.9 Å². The van der Waals surface area contributed by atoms with Gasteiger partial charge in [0.25, 0.3) is 0 Å². The highest BCUT2D eigenvalue weighted by Crippen LogP contribution is 2.24. The molecular weight excluding hydrogens is 234 g/mol. The number of likely N-dealkylation sites (tertiary alicyclic amines) is 1. The van der Waals surface area contributed by atoms with Crippen LogP contribution in [0.3, 0.4) is 0 Å². The Morgan fingerprint density at radius 2 is 1.94 bits per heavy atom. The van der Waals surface area contributed by atoms with Gasteiger partial charge in [-0.05, 0) is 13.3 Å². The summed E-state index contributed by atoms with van der Waals surface area (Å²) in [5.74, 6) is -1.13. The van der Waals surface area contributed by atoms with Gasteiger partial charge < -0.3 is 15.3 Å². The monoisotopic (exact) mass is 255 g/mol. The minimum absolute atomic E-state index is 0.0631. The first kappa shape index (κ1) is 13.3. The molecule has 0 bridgehead atoms. The van der Waals surface area contributed by atoms with Crippen LogP contribution in [0.4, 0.5) is 0 Å². The van der Waals surface area contributed by atoms with Crippen LogP contribution >= 0.6 is 0 Å². The van der Waals surface area contributed by atoms with Crippen molar-refractivity contribution in [1.29, 1.82) is 0 Å². The fraction of sp³-hybridized carbons (Fsp3) is 0.833. The smallest absolute Gasteiger partial charge is 0.308 e. The fourth-order valence-corrected chi connectivity index (χ4v) is 2.77. The predicted molar refractivity (Wildman–Crippen MR) is 66.2 cm³/mol. The molecule has 2 heterocycles. The van der Waals surface area contributed by atoms with Crippen LogP contribution in [0.1, 0.15) is 13.3 Å². The van der Waals surface area contributed by atoms with Crippen molar-refractivity contribution in [2.24, 2.45) is 5.92 Å². The molecule has 1 amide bonds. The van der Waals surface area contributed by atoms with Gasteiger partial charge in [0, 0.05) is 38.8 Å². The average Bonchev–Trinajstić information content (AvgIpc) is 2.72. The summed E-state index contributed by atoms with van der Waals surface area (Å²) < 4.78 is 0. The first-order chi connectivity index (χ1) is 8.59. The highest BCUT2D eigenvalue weighted by atomic mass is 16.4. The lowest BCUT2D eigenvalue weighted by molar-refractivity contribution is -0.143. The van der Waals surface area contributed by atoms with E-state index in [9.17, 15) is 9.59 Å². The minimum atomic E-state index is -0.792. The van der Waals surface area contributed by atoms with Crippen molar-refractivity contribution in [3.05, 3.63) is 0 Å². The summed E-state index contributed by atoms with van der Waals surface area (Å²) in [6.45, 7) is 6.43. The Balaban J connectivity index is 1.87. The van der Waals surface area contributed by atoms with E-state index in [1.54, 1.807) is 4.90 Å². The van der Waals surface area contributed by atoms with Crippen LogP contribution in [-0.2, 0) is 9.59 Å². The van der Waals surface area contributed by atoms with Gasteiger partial charge >= 0.3 is 5.97 Å². The van der Waals surface area contributed by atoms with E-state index in [4.69, 9.17) is 5.11 Å². The van der Waals surface area contributed by atoms with Crippen molar-refractivity contribution in [3.63, 3.8) is 0 Å². The quantitative estimate of drug-likeness (QED) is 0.691. The topological polar surface area (TPSA) is 72.9 Å². The first-order valence-electron chi connectivity index (χ1n) is 6.55. The van der Waals surface area contributed by atoms with Crippen LogP contribution in [0.5, 0.6) is 0 Å². The lowest BCUT2D eigenvalue weighted by Crippen LogP contribution is -2.49. The molecule has 0 aliphatic carbocycles. The Morgan fingerprint density at radius 1 is 1.28 bits per heavy atom. The van der Waals surface area contributed by atoms with Crippen molar-refractivity contribution in [2.75, 3.05) is 39.3 Å². The number of amides is 1. The number of rotatable bonds is 3. The van der Waals surface area contributed by atoms with Crippen LogP contribution in [0.25, 0.3) is 0 Å². The highest BCUT2D eigenvalue weighted by Gasteiger charge is 2.38. The number of nitrogens with one attached hydrogen (secondary N) is 1. The summed E-state index contributed by atoms with van der Waals surface area (Å²) in [5.41, 5.74) is 0. The molecule has 0 aromatic rings. The van der Waals surface area contributed by atoms with Gasteiger partial charge in [-0.1, -0.05) is 0 Å². The fourth-order valence-electron chi connectivity index (χ4n) is 2.77. The zero-order valence-electron chi connectivity index (χ0n) is 10.8. The lowest BCUT2D eigenvalue weighted by atomic mass is 10.0. The molecule has 6 nitrogen and oxygen atoms in total. The van der Waals surface area contributed by atoms with Crippen LogP contribution in [0.15, 0.2) is 0 Å². The molecule has 102 valence electrons. The zero-order chi connectivity index (χ0) is 13.1. The number of hydrogen-bond donors (Lipinski definition) is 2. The normalized spacial score (nSPS) is 29.5. The molecule has 2 unspecified atom stereocenters. The maximum absolute atomic E-state index is 12.2. The number of carboxylic acid groups (broad SMARTS) is 1. The minimum Gasteiger partial charge on any atom is -0.481 e. The molecule has 2 saturated heterocycles. The van der Waals surface area contributed by atoms with Crippen molar-refractivity contribution in [3.8, 4) is 0 Å². The number of piperazine rings is 1. The van der Waals surface area contributed by atoms with Crippen molar-refractivity contribution in [2.45, 2.75) is 19.4 Å². The number of aliphatic carboxylic acids is 1. The number of carbonyl (C=O) groups is 2. The van der Waals surface area contributed by atoms with E-state index in [1.807, 2.05) is 6.92 Å². The van der Waals surface area contributed by atoms with Gasteiger partial charge in [0.2, 0.25) is 5.91 Å². The summed E-state index contributed by atoms with van der Waals surface area (Å²) in [6, 6.07) is -0.182. The molecule has 0 aromatic heterocycles. The van der Waals surface area contributed by atoms with Crippen LogP contribution in [0.2, 0.25) is 0 Å². The van der Waals surface area contributed by atoms with Gasteiger partial charge in [0.1, 0.15) is 0 Å². The van der Waals surface area contributed by atoms with Crippen LogP contribution in [-0.4, -0.2) is 72.1 Å². The Labute approximate surface area is 107 Å². The third kappa shape index (κ3) is 2.81. The maximum Gasteiger partial charge on any atom is 0.308 e. The lowest BCUT2D eigenvalue weighted by Gasteiger charge is -2.30. The second-order valence-electron chi connectivity index (χ2n) is 5.09. The van der Waals surface area contributed by atoms with Gasteiger partial charge in [-0.2, -0.15) is 0 Å². The standard InChI is InChI=1S/C12H21N3O3/c1-9-10(12(17)18)2-5-15(9)11(16)8-14-6-3-13-4-7-14/h9-10,13H,2-8H2,1H3,(H,17,18). The molecule has 2 N–H and O–H groups in total. The third-order valence-electron chi connectivity index (χ3n) is 3.96. The third-order valence-corrected chi connectivity index (χ3v) is 3.96. The molecule has 2 aliphatic heterocycles. The molecular formula is C12H21N3O3. The molecule has 0 saturated carbocycles. The number of carbonyl (C=O) groups excluding carboxylic acids is 1. The number of hydrogen-bond acceptors (Lipinski definition) is 4. The Morgan fingerprint density at radius 3 is 2.50 bits per heavy atom. The predicted octanol–water partition coefficient (Wildman–Crippen LogP) is -0.787. The Bertz CT molecular complexity index is 329. The van der Waals surface area contributed by atoms with Gasteiger partial charge in [0.05, 0.1) is 12.5 Å². The van der Waals surface area contributed by atoms with Crippen molar-refractivity contribution < 1.29 is 14.7 Å². The summed E-state index contributed by atoms with van der Waals surface area (Å²) >= 11 is 0. The van der Waals surface area contributed by atoms with Crippen molar-refractivity contribution in [1.82, 2.24) is 15.1 Å². The van der Waals surface area contributed by atoms with E-state index in [0.717, 1.165) is 26.2 Å². The largest absolute Gasteiger partial charge is 0.481 e. The summed E-state index contributed by atoms with van der Waals surface area (Å²) in [6.07, 6.45) is 0.573. The van der Waals surface area contributed by atoms with Gasteiger partial charge in [-0.25, -0.2) is 0 Å². The maximum atomic E-state index is 12.2. The molecule has 2 atom stereocenters. The van der Waals surface area contributed by atoms with Crippen molar-refractivity contribution >= 4 is 11.9 Å². The number of carboxylic acids is 1. The van der Waals surface area contributed by atoms with Crippen LogP contribution < -0.4 is 5.32 Å². The van der Waals surface area contributed by atoms with E-state index in [1.165, 1.54) is 0 Å². The zero-order valence-corrected chi connectivity index (χ0v) is 10.8. The summed E-state index contributed by atoms with van der Waals surface area (Å²) in [4.78, 5) is 27.0. The second-order valence-corrected chi connectivity index (χ2v) is 5.09. The molecule has 2 fully saturated rings. The van der Waals surface area contributed by atoms with Gasteiger partial charge in [-0.3, -0.25) is 14.5 Å². The molecule has 6 heteroatoms. The summed E-state index contributed by atoms with van der Waals surface area (Å²) in [5, 5.41) is 12.3. The number of nitrogens with zero attached hydrogens (tertiary/aromatic N) is 2. The molecule has 0 radical (unpaired) electrons. The first-order valence-corrected chi connectivity index (χ1v) is 6.55. The van der Waals surface area contributed by atoms with Gasteiger partial charge in [0.15, 0.2) is 0 Å².